The van der Waals surface area contributed by atoms with Gasteiger partial charge in [0.1, 0.15) is 10.8 Å². The fraction of sp³-hybridized carbons (Fsp3) is 0.280. The van der Waals surface area contributed by atoms with Crippen LogP contribution in [0.4, 0.5) is 5.69 Å². The molecule has 4 aromatic rings. The molecule has 0 radical (unpaired) electrons. The number of hydrogen-bond donors (Lipinski definition) is 1. The van der Waals surface area contributed by atoms with Gasteiger partial charge in [-0.1, -0.05) is 55.5 Å². The second-order valence-corrected chi connectivity index (χ2v) is 10.3. The minimum Gasteiger partial charge on any atom is -0.483 e. The summed E-state index contributed by atoms with van der Waals surface area (Å²) in [6.07, 6.45) is 0.818. The van der Waals surface area contributed by atoms with E-state index in [1.165, 1.54) is 33.7 Å². The zero-order valence-electron chi connectivity index (χ0n) is 19.3. The zero-order valence-corrected chi connectivity index (χ0v) is 20.9. The summed E-state index contributed by atoms with van der Waals surface area (Å²) in [5.41, 5.74) is 2.17. The van der Waals surface area contributed by atoms with Crippen molar-refractivity contribution in [1.82, 2.24) is 14.6 Å². The van der Waals surface area contributed by atoms with Crippen molar-refractivity contribution >= 4 is 39.7 Å². The topological polar surface area (TPSA) is 85.6 Å². The molecule has 2 aromatic carbocycles. The van der Waals surface area contributed by atoms with Gasteiger partial charge in [0.2, 0.25) is 4.96 Å². The largest absolute Gasteiger partial charge is 0.483 e. The van der Waals surface area contributed by atoms with Crippen LogP contribution in [0.25, 0.3) is 4.96 Å². The van der Waals surface area contributed by atoms with Gasteiger partial charge in [0.15, 0.2) is 6.61 Å². The van der Waals surface area contributed by atoms with E-state index in [1.54, 1.807) is 0 Å². The molecule has 0 aliphatic rings. The van der Waals surface area contributed by atoms with Gasteiger partial charge in [-0.2, -0.15) is 9.61 Å². The SMILES string of the molecule is Cc1ccccc1OCC(=O)Nc1ccccc1SCc1cc(=O)n2nc(CC(C)C)sc2n1. The van der Waals surface area contributed by atoms with Gasteiger partial charge in [-0.3, -0.25) is 9.59 Å². The van der Waals surface area contributed by atoms with Crippen LogP contribution in [0, 0.1) is 12.8 Å². The van der Waals surface area contributed by atoms with Crippen LogP contribution in [0.1, 0.15) is 30.1 Å². The smallest absolute Gasteiger partial charge is 0.275 e. The van der Waals surface area contributed by atoms with E-state index >= 15 is 0 Å². The fourth-order valence-corrected chi connectivity index (χ4v) is 5.33. The highest BCUT2D eigenvalue weighted by Gasteiger charge is 2.12. The van der Waals surface area contributed by atoms with E-state index in [4.69, 9.17) is 4.74 Å². The van der Waals surface area contributed by atoms with E-state index in [2.05, 4.69) is 29.2 Å². The molecule has 0 bridgehead atoms. The minimum atomic E-state index is -0.239. The predicted molar refractivity (Wildman–Crippen MR) is 137 cm³/mol. The van der Waals surface area contributed by atoms with Crippen molar-refractivity contribution in [3.8, 4) is 5.75 Å². The molecule has 0 saturated carbocycles. The van der Waals surface area contributed by atoms with Gasteiger partial charge in [-0.15, -0.1) is 11.8 Å². The molecule has 0 unspecified atom stereocenters. The number of benzene rings is 2. The summed E-state index contributed by atoms with van der Waals surface area (Å²) in [5.74, 6) is 1.40. The van der Waals surface area contributed by atoms with E-state index in [0.717, 1.165) is 21.9 Å². The van der Waals surface area contributed by atoms with Crippen molar-refractivity contribution in [1.29, 1.82) is 0 Å². The number of aryl methyl sites for hydroxylation is 1. The Kier molecular flexibility index (Phi) is 7.64. The van der Waals surface area contributed by atoms with Crippen LogP contribution < -0.4 is 15.6 Å². The van der Waals surface area contributed by atoms with Crippen LogP contribution >= 0.6 is 23.1 Å². The maximum atomic E-state index is 12.5. The number of thioether (sulfide) groups is 1. The highest BCUT2D eigenvalue weighted by Crippen LogP contribution is 2.29. The van der Waals surface area contributed by atoms with Gasteiger partial charge >= 0.3 is 0 Å². The first-order valence-corrected chi connectivity index (χ1v) is 12.8. The number of nitrogens with zero attached hydrogens (tertiary/aromatic N) is 3. The summed E-state index contributed by atoms with van der Waals surface area (Å²) < 4.78 is 7.02. The highest BCUT2D eigenvalue weighted by molar-refractivity contribution is 7.98. The third kappa shape index (κ3) is 6.03. The Morgan fingerprint density at radius 3 is 2.74 bits per heavy atom. The lowest BCUT2D eigenvalue weighted by atomic mass is 10.1. The van der Waals surface area contributed by atoms with E-state index in [9.17, 15) is 9.59 Å². The van der Waals surface area contributed by atoms with Gasteiger partial charge in [-0.25, -0.2) is 4.98 Å². The summed E-state index contributed by atoms with van der Waals surface area (Å²) >= 11 is 2.96. The highest BCUT2D eigenvalue weighted by atomic mass is 32.2. The van der Waals surface area contributed by atoms with Crippen molar-refractivity contribution in [3.63, 3.8) is 0 Å². The number of aromatic nitrogens is 3. The summed E-state index contributed by atoms with van der Waals surface area (Å²) in [7, 11) is 0. The first-order chi connectivity index (χ1) is 16.4. The lowest BCUT2D eigenvalue weighted by molar-refractivity contribution is -0.118. The molecule has 0 saturated heterocycles. The van der Waals surface area contributed by atoms with Gasteiger partial charge in [0, 0.05) is 23.1 Å². The van der Waals surface area contributed by atoms with Gasteiger partial charge in [-0.05, 0) is 36.6 Å². The summed E-state index contributed by atoms with van der Waals surface area (Å²) in [5, 5.41) is 8.23. The lowest BCUT2D eigenvalue weighted by Gasteiger charge is -2.12. The number of fused-ring (bicyclic) bond motifs is 1. The number of nitrogens with one attached hydrogen (secondary N) is 1. The molecular formula is C25H26N4O3S2. The molecule has 0 aliphatic heterocycles. The van der Waals surface area contributed by atoms with Crippen LogP contribution in [0.2, 0.25) is 0 Å². The van der Waals surface area contributed by atoms with Crippen molar-refractivity contribution in [3.05, 3.63) is 81.2 Å². The standard InChI is InChI=1S/C25H26N4O3S2/c1-16(2)12-23-28-29-24(31)13-18(26-25(29)34-23)15-33-21-11-7-5-9-19(21)27-22(30)14-32-20-10-6-4-8-17(20)3/h4-11,13,16H,12,14-15H2,1-3H3,(H,27,30). The maximum Gasteiger partial charge on any atom is 0.275 e. The van der Waals surface area contributed by atoms with Crippen LogP contribution in [-0.2, 0) is 17.0 Å². The van der Waals surface area contributed by atoms with Crippen LogP contribution in [0.5, 0.6) is 5.75 Å². The molecule has 34 heavy (non-hydrogen) atoms. The normalized spacial score (nSPS) is 11.2. The number of amides is 1. The minimum absolute atomic E-state index is 0.0804. The van der Waals surface area contributed by atoms with Crippen LogP contribution in [0.15, 0.2) is 64.3 Å². The Bertz CT molecular complexity index is 1360. The monoisotopic (exact) mass is 494 g/mol. The number of hydrogen-bond acceptors (Lipinski definition) is 7. The van der Waals surface area contributed by atoms with E-state index in [-0.39, 0.29) is 18.1 Å². The van der Waals surface area contributed by atoms with Crippen molar-refractivity contribution < 1.29 is 9.53 Å². The first kappa shape index (κ1) is 24.0. The first-order valence-electron chi connectivity index (χ1n) is 11.0. The number of ether oxygens (including phenoxy) is 1. The third-order valence-electron chi connectivity index (χ3n) is 4.91. The average molecular weight is 495 g/mol. The molecule has 0 atom stereocenters. The second-order valence-electron chi connectivity index (χ2n) is 8.26. The Morgan fingerprint density at radius 1 is 1.18 bits per heavy atom. The van der Waals surface area contributed by atoms with Crippen molar-refractivity contribution in [2.45, 2.75) is 37.8 Å². The van der Waals surface area contributed by atoms with Crippen molar-refractivity contribution in [2.24, 2.45) is 5.92 Å². The molecule has 1 N–H and O–H groups in total. The summed E-state index contributed by atoms with van der Waals surface area (Å²) in [6.45, 7) is 6.10. The number of carbonyl (C=O) groups is 1. The van der Waals surface area contributed by atoms with Crippen molar-refractivity contribution in [2.75, 3.05) is 11.9 Å². The maximum absolute atomic E-state index is 12.5. The third-order valence-corrected chi connectivity index (χ3v) is 6.95. The average Bonchev–Trinajstić information content (AvgIpc) is 3.20. The molecule has 2 heterocycles. The fourth-order valence-electron chi connectivity index (χ4n) is 3.30. The van der Waals surface area contributed by atoms with E-state index in [0.29, 0.717) is 33.8 Å². The Morgan fingerprint density at radius 2 is 1.94 bits per heavy atom. The molecule has 9 heteroatoms. The number of carbonyl (C=O) groups excluding carboxylic acids is 1. The molecule has 4 rings (SSSR count). The second kappa shape index (κ2) is 10.8. The molecule has 1 amide bonds. The molecule has 0 fully saturated rings. The molecule has 0 aliphatic carbocycles. The molecule has 176 valence electrons. The van der Waals surface area contributed by atoms with Gasteiger partial charge in [0.25, 0.3) is 11.5 Å². The number of rotatable bonds is 9. The van der Waals surface area contributed by atoms with Crippen LogP contribution in [0.3, 0.4) is 0 Å². The molecule has 0 spiro atoms. The lowest BCUT2D eigenvalue weighted by Crippen LogP contribution is -2.20. The summed E-state index contributed by atoms with van der Waals surface area (Å²) in [6, 6.07) is 16.7. The summed E-state index contributed by atoms with van der Waals surface area (Å²) in [4.78, 5) is 31.1. The van der Waals surface area contributed by atoms with Gasteiger partial charge < -0.3 is 10.1 Å². The Labute approximate surface area is 206 Å². The Balaban J connectivity index is 1.42. The predicted octanol–water partition coefficient (Wildman–Crippen LogP) is 4.97. The molecule has 2 aromatic heterocycles. The van der Waals surface area contributed by atoms with Crippen LogP contribution in [-0.4, -0.2) is 27.1 Å². The van der Waals surface area contributed by atoms with E-state index in [1.807, 2.05) is 55.5 Å². The number of para-hydroxylation sites is 2. The molecule has 7 nitrogen and oxygen atoms in total. The number of anilines is 1. The molecular weight excluding hydrogens is 468 g/mol. The Hall–Kier alpha value is -3.17. The zero-order chi connectivity index (χ0) is 24.1. The van der Waals surface area contributed by atoms with Gasteiger partial charge in [0.05, 0.1) is 11.4 Å². The quantitative estimate of drug-likeness (QED) is 0.331. The van der Waals surface area contributed by atoms with E-state index < -0.39 is 0 Å².